The molecule has 0 aromatic carbocycles. The molecule has 1 rings (SSSR count). The zero-order valence-corrected chi connectivity index (χ0v) is 10.1. The van der Waals surface area contributed by atoms with E-state index >= 15 is 0 Å². The lowest BCUT2D eigenvalue weighted by Gasteiger charge is -2.37. The van der Waals surface area contributed by atoms with E-state index in [0.29, 0.717) is 6.42 Å². The first kappa shape index (κ1) is 12.7. The van der Waals surface area contributed by atoms with Gasteiger partial charge in [0.25, 0.3) is 0 Å². The van der Waals surface area contributed by atoms with E-state index in [2.05, 4.69) is 0 Å². The number of carbonyl (C=O) groups is 2. The molecule has 0 unspecified atom stereocenters. The maximum Gasteiger partial charge on any atom is 0.312 e. The third-order valence-electron chi connectivity index (χ3n) is 3.30. The molecule has 16 heavy (non-hydrogen) atoms. The van der Waals surface area contributed by atoms with Crippen molar-refractivity contribution in [3.63, 3.8) is 0 Å². The van der Waals surface area contributed by atoms with Crippen molar-refractivity contribution in [3.8, 4) is 0 Å². The third kappa shape index (κ3) is 1.96. The molecule has 0 heterocycles. The summed E-state index contributed by atoms with van der Waals surface area (Å²) < 4.78 is 9.55. The largest absolute Gasteiger partial charge is 0.469 e. The molecule has 1 aliphatic rings. The highest BCUT2D eigenvalue weighted by Crippen LogP contribution is 2.42. The summed E-state index contributed by atoms with van der Waals surface area (Å²) in [6.07, 6.45) is 4.36. The second-order valence-electron chi connectivity index (χ2n) is 4.40. The standard InChI is InChI=1S/C12H18O4/c1-8-6-5-7-12(2,11(14)16-4)9(8)10(13)15-3/h5-6,8-9H,7H2,1-4H3/t8-,9-,12-/m1/s1. The van der Waals surface area contributed by atoms with E-state index < -0.39 is 11.3 Å². The van der Waals surface area contributed by atoms with Gasteiger partial charge >= 0.3 is 11.9 Å². The normalized spacial score (nSPS) is 33.2. The molecular formula is C12H18O4. The molecule has 1 aliphatic carbocycles. The minimum absolute atomic E-state index is 0.0229. The Morgan fingerprint density at radius 1 is 1.31 bits per heavy atom. The van der Waals surface area contributed by atoms with Gasteiger partial charge in [0.2, 0.25) is 0 Å². The predicted molar refractivity (Wildman–Crippen MR) is 58.6 cm³/mol. The molecule has 90 valence electrons. The zero-order valence-electron chi connectivity index (χ0n) is 10.1. The molecule has 0 saturated carbocycles. The number of esters is 2. The van der Waals surface area contributed by atoms with E-state index in [-0.39, 0.29) is 17.9 Å². The Labute approximate surface area is 95.6 Å². The molecule has 0 spiro atoms. The quantitative estimate of drug-likeness (QED) is 0.529. The summed E-state index contributed by atoms with van der Waals surface area (Å²) >= 11 is 0. The van der Waals surface area contributed by atoms with Gasteiger partial charge in [0, 0.05) is 0 Å². The van der Waals surface area contributed by atoms with Crippen molar-refractivity contribution in [2.24, 2.45) is 17.3 Å². The summed E-state index contributed by atoms with van der Waals surface area (Å²) in [6.45, 7) is 3.65. The molecule has 0 fully saturated rings. The molecule has 0 saturated heterocycles. The van der Waals surface area contributed by atoms with Crippen LogP contribution in [0, 0.1) is 17.3 Å². The van der Waals surface area contributed by atoms with E-state index in [9.17, 15) is 9.59 Å². The molecule has 0 bridgehead atoms. The van der Waals surface area contributed by atoms with Crippen molar-refractivity contribution in [2.75, 3.05) is 14.2 Å². The van der Waals surface area contributed by atoms with Gasteiger partial charge in [-0.2, -0.15) is 0 Å². The molecule has 0 radical (unpaired) electrons. The van der Waals surface area contributed by atoms with Gasteiger partial charge in [-0.3, -0.25) is 9.59 Å². The van der Waals surface area contributed by atoms with Crippen molar-refractivity contribution in [1.29, 1.82) is 0 Å². The maximum absolute atomic E-state index is 11.8. The van der Waals surface area contributed by atoms with Gasteiger partial charge in [-0.1, -0.05) is 19.1 Å². The van der Waals surface area contributed by atoms with Crippen molar-refractivity contribution >= 4 is 11.9 Å². The molecule has 4 heteroatoms. The minimum atomic E-state index is -0.823. The van der Waals surface area contributed by atoms with Crippen LogP contribution in [-0.2, 0) is 19.1 Å². The van der Waals surface area contributed by atoms with E-state index in [1.165, 1.54) is 14.2 Å². The predicted octanol–water partition coefficient (Wildman–Crippen LogP) is 1.55. The molecule has 0 aliphatic heterocycles. The Morgan fingerprint density at radius 3 is 2.44 bits per heavy atom. The van der Waals surface area contributed by atoms with Crippen LogP contribution in [0.3, 0.4) is 0 Å². The summed E-state index contributed by atoms with van der Waals surface area (Å²) in [5.74, 6) is -1.22. The molecule has 0 amide bonds. The minimum Gasteiger partial charge on any atom is -0.469 e. The lowest BCUT2D eigenvalue weighted by atomic mass is 9.66. The highest BCUT2D eigenvalue weighted by Gasteiger charge is 2.49. The lowest BCUT2D eigenvalue weighted by molar-refractivity contribution is -0.167. The van der Waals surface area contributed by atoms with Gasteiger partial charge in [-0.15, -0.1) is 0 Å². The van der Waals surface area contributed by atoms with Crippen LogP contribution >= 0.6 is 0 Å². The number of methoxy groups -OCH3 is 2. The highest BCUT2D eigenvalue weighted by atomic mass is 16.5. The summed E-state index contributed by atoms with van der Waals surface area (Å²) in [6, 6.07) is 0. The second kappa shape index (κ2) is 4.68. The van der Waals surface area contributed by atoms with Gasteiger partial charge in [-0.25, -0.2) is 0 Å². The molecule has 0 aromatic heterocycles. The van der Waals surface area contributed by atoms with Crippen LogP contribution in [0.2, 0.25) is 0 Å². The summed E-state index contributed by atoms with van der Waals surface area (Å²) in [5, 5.41) is 0. The highest BCUT2D eigenvalue weighted by molar-refractivity contribution is 5.86. The first-order valence-corrected chi connectivity index (χ1v) is 5.30. The fourth-order valence-corrected chi connectivity index (χ4v) is 2.39. The van der Waals surface area contributed by atoms with Crippen molar-refractivity contribution in [1.82, 2.24) is 0 Å². The van der Waals surface area contributed by atoms with Crippen molar-refractivity contribution in [3.05, 3.63) is 12.2 Å². The number of hydrogen-bond acceptors (Lipinski definition) is 4. The third-order valence-corrected chi connectivity index (χ3v) is 3.30. The lowest BCUT2D eigenvalue weighted by Crippen LogP contribution is -2.45. The monoisotopic (exact) mass is 226 g/mol. The Balaban J connectivity index is 3.10. The SMILES string of the molecule is COC(=O)[C@H]1[C@H](C)C=CC[C@@]1(C)C(=O)OC. The van der Waals surface area contributed by atoms with E-state index in [4.69, 9.17) is 9.47 Å². The number of allylic oxidation sites excluding steroid dienone is 2. The average Bonchev–Trinajstić information content (AvgIpc) is 2.27. The van der Waals surface area contributed by atoms with E-state index in [1.807, 2.05) is 19.1 Å². The molecular weight excluding hydrogens is 208 g/mol. The van der Waals surface area contributed by atoms with Crippen LogP contribution in [-0.4, -0.2) is 26.2 Å². The van der Waals surface area contributed by atoms with Crippen LogP contribution < -0.4 is 0 Å². The van der Waals surface area contributed by atoms with Gasteiger partial charge < -0.3 is 9.47 Å². The molecule has 3 atom stereocenters. The molecule has 0 N–H and O–H groups in total. The smallest absolute Gasteiger partial charge is 0.312 e. The van der Waals surface area contributed by atoms with E-state index in [1.54, 1.807) is 6.92 Å². The number of carbonyl (C=O) groups excluding carboxylic acids is 2. The van der Waals surface area contributed by atoms with Crippen molar-refractivity contribution < 1.29 is 19.1 Å². The summed E-state index contributed by atoms with van der Waals surface area (Å²) in [5.41, 5.74) is -0.823. The first-order valence-electron chi connectivity index (χ1n) is 5.30. The number of rotatable bonds is 2. The van der Waals surface area contributed by atoms with Gasteiger partial charge in [0.05, 0.1) is 25.6 Å². The number of hydrogen-bond donors (Lipinski definition) is 0. The summed E-state index contributed by atoms with van der Waals surface area (Å²) in [4.78, 5) is 23.6. The van der Waals surface area contributed by atoms with Crippen LogP contribution in [0.5, 0.6) is 0 Å². The van der Waals surface area contributed by atoms with E-state index in [0.717, 1.165) is 0 Å². The Kier molecular flexibility index (Phi) is 3.73. The maximum atomic E-state index is 11.8. The second-order valence-corrected chi connectivity index (χ2v) is 4.40. The molecule has 4 nitrogen and oxygen atoms in total. The van der Waals surface area contributed by atoms with Crippen LogP contribution in [0.1, 0.15) is 20.3 Å². The average molecular weight is 226 g/mol. The Morgan fingerprint density at radius 2 is 1.94 bits per heavy atom. The topological polar surface area (TPSA) is 52.6 Å². The Bertz CT molecular complexity index is 321. The van der Waals surface area contributed by atoms with Gasteiger partial charge in [0.1, 0.15) is 0 Å². The first-order chi connectivity index (χ1) is 7.47. The van der Waals surface area contributed by atoms with Gasteiger partial charge in [-0.05, 0) is 19.3 Å². The van der Waals surface area contributed by atoms with Crippen LogP contribution in [0.25, 0.3) is 0 Å². The number of ether oxygens (including phenoxy) is 2. The molecule has 0 aromatic rings. The van der Waals surface area contributed by atoms with Crippen molar-refractivity contribution in [2.45, 2.75) is 20.3 Å². The van der Waals surface area contributed by atoms with Gasteiger partial charge in [0.15, 0.2) is 0 Å². The zero-order chi connectivity index (χ0) is 12.3. The Hall–Kier alpha value is -1.32. The fraction of sp³-hybridized carbons (Fsp3) is 0.667. The summed E-state index contributed by atoms with van der Waals surface area (Å²) in [7, 11) is 2.68. The fourth-order valence-electron chi connectivity index (χ4n) is 2.39. The van der Waals surface area contributed by atoms with Crippen LogP contribution in [0.4, 0.5) is 0 Å². The van der Waals surface area contributed by atoms with Crippen LogP contribution in [0.15, 0.2) is 12.2 Å².